The third-order valence-corrected chi connectivity index (χ3v) is 5.50. The summed E-state index contributed by atoms with van der Waals surface area (Å²) in [6.45, 7) is 5.68. The molecule has 0 amide bonds. The smallest absolute Gasteiger partial charge is 0.329 e. The molecule has 4 aromatic rings. The first kappa shape index (κ1) is 21.1. The maximum absolute atomic E-state index is 12.8. The van der Waals surface area contributed by atoms with Gasteiger partial charge in [0.25, 0.3) is 0 Å². The molecule has 4 rings (SSSR count). The lowest BCUT2D eigenvalue weighted by Crippen LogP contribution is -2.23. The largest absolute Gasteiger partial charge is 0.478 e. The van der Waals surface area contributed by atoms with Crippen LogP contribution in [-0.2, 0) is 7.05 Å². The van der Waals surface area contributed by atoms with Gasteiger partial charge in [0.2, 0.25) is 5.88 Å². The molecule has 3 aromatic heterocycles. The van der Waals surface area contributed by atoms with Crippen molar-refractivity contribution in [2.45, 2.75) is 26.3 Å². The second kappa shape index (κ2) is 8.51. The molecule has 31 heavy (non-hydrogen) atoms. The van der Waals surface area contributed by atoms with E-state index < -0.39 is 0 Å². The fourth-order valence-electron chi connectivity index (χ4n) is 3.88. The average molecular weight is 420 g/mol. The molecule has 162 valence electrons. The number of benzene rings is 1. The molecule has 0 aliphatic heterocycles. The topological polar surface area (TPSA) is 65.2 Å². The van der Waals surface area contributed by atoms with E-state index in [-0.39, 0.29) is 11.7 Å². The third-order valence-electron chi connectivity index (χ3n) is 5.50. The normalized spacial score (nSPS) is 11.8. The zero-order valence-corrected chi connectivity index (χ0v) is 18.8. The summed E-state index contributed by atoms with van der Waals surface area (Å²) < 4.78 is 9.25. The van der Waals surface area contributed by atoms with Crippen molar-refractivity contribution in [2.75, 3.05) is 27.2 Å². The maximum atomic E-state index is 12.8. The average Bonchev–Trinajstić information content (AvgIpc) is 3.02. The SMILES string of the molecule is CC(C)n1c(=O)n(C)c2cnc3ccc(-c4ccc(OCCCN(C)C)nc4)cc3c21. The molecule has 0 saturated heterocycles. The predicted octanol–water partition coefficient (Wildman–Crippen LogP) is 3.86. The third kappa shape index (κ3) is 4.05. The summed E-state index contributed by atoms with van der Waals surface area (Å²) in [5.41, 5.74) is 4.62. The Morgan fingerprint density at radius 1 is 1.06 bits per heavy atom. The number of hydrogen-bond acceptors (Lipinski definition) is 5. The Kier molecular flexibility index (Phi) is 5.78. The molecule has 3 heterocycles. The Morgan fingerprint density at radius 3 is 2.52 bits per heavy atom. The molecule has 0 bridgehead atoms. The number of rotatable bonds is 7. The minimum atomic E-state index is -0.0258. The van der Waals surface area contributed by atoms with E-state index in [4.69, 9.17) is 4.74 Å². The molecule has 0 aliphatic carbocycles. The number of imidazole rings is 1. The zero-order chi connectivity index (χ0) is 22.1. The van der Waals surface area contributed by atoms with Gasteiger partial charge in [-0.05, 0) is 58.1 Å². The van der Waals surface area contributed by atoms with Crippen LogP contribution in [0.1, 0.15) is 26.3 Å². The zero-order valence-electron chi connectivity index (χ0n) is 18.8. The number of aryl methyl sites for hydroxylation is 1. The summed E-state index contributed by atoms with van der Waals surface area (Å²) in [5, 5.41) is 0.963. The molecule has 0 fully saturated rings. The van der Waals surface area contributed by atoms with Crippen LogP contribution < -0.4 is 10.4 Å². The molecule has 0 N–H and O–H groups in total. The lowest BCUT2D eigenvalue weighted by atomic mass is 10.0. The standard InChI is InChI=1S/C24H29N5O2/c1-16(2)29-23-19-13-17(7-9-20(19)25-15-21(23)28(5)24(29)30)18-8-10-22(26-14-18)31-12-6-11-27(3)4/h7-10,13-16H,6,11-12H2,1-5H3. The molecule has 0 unspecified atom stereocenters. The number of pyridine rings is 2. The van der Waals surface area contributed by atoms with Crippen molar-refractivity contribution in [3.8, 4) is 17.0 Å². The van der Waals surface area contributed by atoms with E-state index in [0.29, 0.717) is 12.5 Å². The summed E-state index contributed by atoms with van der Waals surface area (Å²) in [5.74, 6) is 0.629. The Hall–Kier alpha value is -3.19. The lowest BCUT2D eigenvalue weighted by molar-refractivity contribution is 0.273. The van der Waals surface area contributed by atoms with Crippen LogP contribution in [0, 0.1) is 0 Å². The van der Waals surface area contributed by atoms with Crippen LogP contribution in [0.5, 0.6) is 5.88 Å². The number of ether oxygens (including phenoxy) is 1. The number of hydrogen-bond donors (Lipinski definition) is 0. The van der Waals surface area contributed by atoms with Gasteiger partial charge < -0.3 is 9.64 Å². The van der Waals surface area contributed by atoms with E-state index in [1.807, 2.05) is 48.9 Å². The summed E-state index contributed by atoms with van der Waals surface area (Å²) >= 11 is 0. The van der Waals surface area contributed by atoms with Crippen molar-refractivity contribution in [2.24, 2.45) is 7.05 Å². The molecule has 0 radical (unpaired) electrons. The van der Waals surface area contributed by atoms with Crippen LogP contribution >= 0.6 is 0 Å². The number of fused-ring (bicyclic) bond motifs is 3. The quantitative estimate of drug-likeness (QED) is 0.426. The molecule has 0 spiro atoms. The van der Waals surface area contributed by atoms with Crippen LogP contribution in [0.15, 0.2) is 47.5 Å². The van der Waals surface area contributed by atoms with Crippen molar-refractivity contribution in [3.05, 3.63) is 53.2 Å². The van der Waals surface area contributed by atoms with E-state index in [1.165, 1.54) is 0 Å². The molecule has 0 atom stereocenters. The first-order valence-corrected chi connectivity index (χ1v) is 10.6. The minimum Gasteiger partial charge on any atom is -0.478 e. The second-order valence-corrected chi connectivity index (χ2v) is 8.42. The second-order valence-electron chi connectivity index (χ2n) is 8.42. The van der Waals surface area contributed by atoms with Gasteiger partial charge >= 0.3 is 5.69 Å². The van der Waals surface area contributed by atoms with Crippen molar-refractivity contribution in [3.63, 3.8) is 0 Å². The van der Waals surface area contributed by atoms with E-state index >= 15 is 0 Å². The van der Waals surface area contributed by atoms with Gasteiger partial charge in [0.15, 0.2) is 0 Å². The summed E-state index contributed by atoms with van der Waals surface area (Å²) in [7, 11) is 5.90. The number of aromatic nitrogens is 4. The van der Waals surface area contributed by atoms with Crippen molar-refractivity contribution in [1.29, 1.82) is 0 Å². The highest BCUT2D eigenvalue weighted by molar-refractivity contribution is 6.04. The van der Waals surface area contributed by atoms with E-state index in [0.717, 1.165) is 46.0 Å². The molecule has 0 saturated carbocycles. The highest BCUT2D eigenvalue weighted by Gasteiger charge is 2.17. The van der Waals surface area contributed by atoms with E-state index in [2.05, 4.69) is 35.0 Å². The van der Waals surface area contributed by atoms with Crippen LogP contribution in [0.3, 0.4) is 0 Å². The summed E-state index contributed by atoms with van der Waals surface area (Å²) in [6.07, 6.45) is 4.57. The van der Waals surface area contributed by atoms with Gasteiger partial charge in [0.05, 0.1) is 29.4 Å². The number of nitrogens with zero attached hydrogens (tertiary/aromatic N) is 5. The molecular formula is C24H29N5O2. The fourth-order valence-corrected chi connectivity index (χ4v) is 3.88. The molecule has 7 heteroatoms. The first-order valence-electron chi connectivity index (χ1n) is 10.6. The molecular weight excluding hydrogens is 390 g/mol. The van der Waals surface area contributed by atoms with Gasteiger partial charge in [0.1, 0.15) is 0 Å². The Bertz CT molecular complexity index is 1270. The lowest BCUT2D eigenvalue weighted by Gasteiger charge is -2.11. The van der Waals surface area contributed by atoms with Crippen LogP contribution in [0.2, 0.25) is 0 Å². The van der Waals surface area contributed by atoms with Gasteiger partial charge in [-0.3, -0.25) is 14.1 Å². The highest BCUT2D eigenvalue weighted by atomic mass is 16.5. The van der Waals surface area contributed by atoms with Crippen molar-refractivity contribution < 1.29 is 4.74 Å². The maximum Gasteiger partial charge on any atom is 0.329 e. The van der Waals surface area contributed by atoms with Crippen LogP contribution in [-0.4, -0.2) is 51.2 Å². The fraction of sp³-hybridized carbons (Fsp3) is 0.375. The van der Waals surface area contributed by atoms with E-state index in [9.17, 15) is 4.79 Å². The van der Waals surface area contributed by atoms with Gasteiger partial charge in [-0.1, -0.05) is 6.07 Å². The Labute approximate surface area is 181 Å². The summed E-state index contributed by atoms with van der Waals surface area (Å²) in [4.78, 5) is 24.0. The van der Waals surface area contributed by atoms with Crippen LogP contribution in [0.25, 0.3) is 33.1 Å². The molecule has 1 aromatic carbocycles. The summed E-state index contributed by atoms with van der Waals surface area (Å²) in [6, 6.07) is 10.1. The Balaban J connectivity index is 1.70. The van der Waals surface area contributed by atoms with Gasteiger partial charge in [-0.15, -0.1) is 0 Å². The highest BCUT2D eigenvalue weighted by Crippen LogP contribution is 2.29. The minimum absolute atomic E-state index is 0.0258. The molecule has 7 nitrogen and oxygen atoms in total. The van der Waals surface area contributed by atoms with Crippen molar-refractivity contribution >= 4 is 21.9 Å². The van der Waals surface area contributed by atoms with Gasteiger partial charge in [-0.25, -0.2) is 9.78 Å². The monoisotopic (exact) mass is 419 g/mol. The van der Waals surface area contributed by atoms with Gasteiger partial charge in [-0.2, -0.15) is 0 Å². The van der Waals surface area contributed by atoms with E-state index in [1.54, 1.807) is 17.8 Å². The predicted molar refractivity (Wildman–Crippen MR) is 125 cm³/mol. The van der Waals surface area contributed by atoms with Gasteiger partial charge in [0, 0.05) is 42.8 Å². The van der Waals surface area contributed by atoms with Crippen molar-refractivity contribution in [1.82, 2.24) is 24.0 Å². The first-order chi connectivity index (χ1) is 14.9. The molecule has 0 aliphatic rings. The van der Waals surface area contributed by atoms with Crippen LogP contribution in [0.4, 0.5) is 0 Å². The Morgan fingerprint density at radius 2 is 1.84 bits per heavy atom.